The number of para-hydroxylation sites is 1. The van der Waals surface area contributed by atoms with Gasteiger partial charge in [0.1, 0.15) is 23.2 Å². The maximum absolute atomic E-state index is 9.14. The fraction of sp³-hybridized carbons (Fsp3) is 0.200. The van der Waals surface area contributed by atoms with E-state index in [2.05, 4.69) is 11.1 Å². The molecule has 4 nitrogen and oxygen atoms in total. The van der Waals surface area contributed by atoms with Crippen molar-refractivity contribution in [3.63, 3.8) is 0 Å². The van der Waals surface area contributed by atoms with Gasteiger partial charge in [0.15, 0.2) is 0 Å². The lowest BCUT2D eigenvalue weighted by molar-refractivity contribution is 0.491. The monoisotopic (exact) mass is 285 g/mol. The number of hydrogen-bond donors (Lipinski definition) is 0. The molecule has 3 rings (SSSR count). The van der Waals surface area contributed by atoms with E-state index in [0.29, 0.717) is 17.0 Å². The van der Waals surface area contributed by atoms with Crippen molar-refractivity contribution in [2.75, 3.05) is 0 Å². The molecule has 0 aliphatic carbocycles. The number of aromatic nitrogens is 2. The molecule has 0 unspecified atom stereocenters. The second-order valence-electron chi connectivity index (χ2n) is 4.43. The first-order valence-corrected chi connectivity index (χ1v) is 6.83. The van der Waals surface area contributed by atoms with Crippen LogP contribution in [0.25, 0.3) is 11.0 Å². The molecule has 0 atom stereocenters. The van der Waals surface area contributed by atoms with E-state index in [0.717, 1.165) is 30.1 Å². The SMILES string of the molecule is N#Cc1cccc2c1nc(CCl)n2CCc1ccco1. The van der Waals surface area contributed by atoms with Crippen LogP contribution in [0.4, 0.5) is 0 Å². The van der Waals surface area contributed by atoms with Gasteiger partial charge in [-0.25, -0.2) is 4.98 Å². The van der Waals surface area contributed by atoms with Gasteiger partial charge < -0.3 is 8.98 Å². The molecular formula is C15H12ClN3O. The molecule has 2 aromatic heterocycles. The third-order valence-electron chi connectivity index (χ3n) is 3.26. The lowest BCUT2D eigenvalue weighted by Crippen LogP contribution is -2.04. The average molecular weight is 286 g/mol. The number of alkyl halides is 1. The van der Waals surface area contributed by atoms with Crippen LogP contribution in [-0.2, 0) is 18.8 Å². The molecule has 100 valence electrons. The Morgan fingerprint density at radius 1 is 1.30 bits per heavy atom. The Balaban J connectivity index is 2.02. The third kappa shape index (κ3) is 2.17. The predicted octanol–water partition coefficient (Wildman–Crippen LogP) is 3.48. The normalized spacial score (nSPS) is 10.8. The molecular weight excluding hydrogens is 274 g/mol. The Kier molecular flexibility index (Phi) is 3.44. The van der Waals surface area contributed by atoms with Crippen LogP contribution in [0.5, 0.6) is 0 Å². The Morgan fingerprint density at radius 3 is 2.90 bits per heavy atom. The predicted molar refractivity (Wildman–Crippen MR) is 76.4 cm³/mol. The molecule has 2 heterocycles. The van der Waals surface area contributed by atoms with E-state index < -0.39 is 0 Å². The molecule has 0 N–H and O–H groups in total. The molecule has 0 spiro atoms. The van der Waals surface area contributed by atoms with Crippen molar-refractivity contribution in [2.45, 2.75) is 18.8 Å². The number of fused-ring (bicyclic) bond motifs is 1. The Morgan fingerprint density at radius 2 is 2.20 bits per heavy atom. The van der Waals surface area contributed by atoms with Crippen LogP contribution < -0.4 is 0 Å². The minimum atomic E-state index is 0.317. The Labute approximate surface area is 121 Å². The van der Waals surface area contributed by atoms with Crippen molar-refractivity contribution < 1.29 is 4.42 Å². The van der Waals surface area contributed by atoms with Crippen molar-refractivity contribution in [1.29, 1.82) is 5.26 Å². The number of furan rings is 1. The first-order chi connectivity index (χ1) is 9.83. The van der Waals surface area contributed by atoms with Crippen LogP contribution in [0.3, 0.4) is 0 Å². The standard InChI is InChI=1S/C15H12ClN3O/c16-9-14-18-15-11(10-17)3-1-5-13(15)19(14)7-6-12-4-2-8-20-12/h1-5,8H,6-7,9H2. The number of aryl methyl sites for hydroxylation is 2. The highest BCUT2D eigenvalue weighted by molar-refractivity contribution is 6.16. The molecule has 3 aromatic rings. The van der Waals surface area contributed by atoms with Crippen molar-refractivity contribution in [1.82, 2.24) is 9.55 Å². The molecule has 1 aromatic carbocycles. The summed E-state index contributed by atoms with van der Waals surface area (Å²) in [5.41, 5.74) is 2.22. The van der Waals surface area contributed by atoms with E-state index in [4.69, 9.17) is 21.3 Å². The zero-order valence-electron chi connectivity index (χ0n) is 10.7. The molecule has 0 aliphatic heterocycles. The minimum absolute atomic E-state index is 0.317. The summed E-state index contributed by atoms with van der Waals surface area (Å²) < 4.78 is 7.39. The van der Waals surface area contributed by atoms with E-state index in [1.165, 1.54) is 0 Å². The molecule has 0 bridgehead atoms. The van der Waals surface area contributed by atoms with Gasteiger partial charge in [-0.3, -0.25) is 0 Å². The third-order valence-corrected chi connectivity index (χ3v) is 3.50. The highest BCUT2D eigenvalue weighted by atomic mass is 35.5. The fourth-order valence-electron chi connectivity index (χ4n) is 2.31. The number of halogens is 1. The molecule has 20 heavy (non-hydrogen) atoms. The number of hydrogen-bond acceptors (Lipinski definition) is 3. The van der Waals surface area contributed by atoms with Gasteiger partial charge in [0.05, 0.1) is 23.2 Å². The maximum Gasteiger partial charge on any atom is 0.124 e. The maximum atomic E-state index is 9.14. The largest absolute Gasteiger partial charge is 0.469 e. The topological polar surface area (TPSA) is 54.8 Å². The lowest BCUT2D eigenvalue weighted by Gasteiger charge is -2.06. The van der Waals surface area contributed by atoms with Crippen molar-refractivity contribution in [3.05, 3.63) is 53.7 Å². The van der Waals surface area contributed by atoms with Crippen LogP contribution in [0.1, 0.15) is 17.1 Å². The van der Waals surface area contributed by atoms with E-state index >= 15 is 0 Å². The summed E-state index contributed by atoms with van der Waals surface area (Å²) in [5.74, 6) is 2.01. The van der Waals surface area contributed by atoms with Gasteiger partial charge in [0.2, 0.25) is 0 Å². The zero-order valence-corrected chi connectivity index (χ0v) is 11.5. The van der Waals surface area contributed by atoms with Crippen molar-refractivity contribution in [3.8, 4) is 6.07 Å². The Hall–Kier alpha value is -2.25. The van der Waals surface area contributed by atoms with Crippen LogP contribution in [0, 0.1) is 11.3 Å². The van der Waals surface area contributed by atoms with Gasteiger partial charge in [-0.1, -0.05) is 6.07 Å². The van der Waals surface area contributed by atoms with Crippen LogP contribution in [-0.4, -0.2) is 9.55 Å². The number of benzene rings is 1. The summed E-state index contributed by atoms with van der Waals surface area (Å²) in [6.07, 6.45) is 2.43. The van der Waals surface area contributed by atoms with Gasteiger partial charge in [-0.05, 0) is 24.3 Å². The lowest BCUT2D eigenvalue weighted by atomic mass is 10.2. The molecule has 5 heteroatoms. The zero-order chi connectivity index (χ0) is 13.9. The van der Waals surface area contributed by atoms with Crippen LogP contribution in [0.15, 0.2) is 41.0 Å². The fourth-order valence-corrected chi connectivity index (χ4v) is 2.52. The first kappa shape index (κ1) is 12.8. The first-order valence-electron chi connectivity index (χ1n) is 6.30. The van der Waals surface area contributed by atoms with Crippen LogP contribution in [0.2, 0.25) is 0 Å². The van der Waals surface area contributed by atoms with Gasteiger partial charge >= 0.3 is 0 Å². The number of nitriles is 1. The molecule has 0 saturated heterocycles. The molecule has 0 aliphatic rings. The molecule has 0 saturated carbocycles. The number of nitrogens with zero attached hydrogens (tertiary/aromatic N) is 3. The quantitative estimate of drug-likeness (QED) is 0.690. The Bertz CT molecular complexity index is 768. The summed E-state index contributed by atoms with van der Waals surface area (Å²) in [6.45, 7) is 0.723. The van der Waals surface area contributed by atoms with E-state index in [1.807, 2.05) is 28.8 Å². The average Bonchev–Trinajstić information content (AvgIpc) is 3.11. The van der Waals surface area contributed by atoms with Gasteiger partial charge in [-0.15, -0.1) is 11.6 Å². The van der Waals surface area contributed by atoms with E-state index in [9.17, 15) is 0 Å². The highest BCUT2D eigenvalue weighted by Gasteiger charge is 2.13. The van der Waals surface area contributed by atoms with Gasteiger partial charge in [0.25, 0.3) is 0 Å². The minimum Gasteiger partial charge on any atom is -0.469 e. The molecule has 0 amide bonds. The molecule has 0 fully saturated rings. The second-order valence-corrected chi connectivity index (χ2v) is 4.70. The molecule has 0 radical (unpaired) electrons. The van der Waals surface area contributed by atoms with Gasteiger partial charge in [-0.2, -0.15) is 5.26 Å². The van der Waals surface area contributed by atoms with Crippen molar-refractivity contribution in [2.24, 2.45) is 0 Å². The highest BCUT2D eigenvalue weighted by Crippen LogP contribution is 2.21. The summed E-state index contributed by atoms with van der Waals surface area (Å²) in [4.78, 5) is 4.48. The van der Waals surface area contributed by atoms with Crippen LogP contribution >= 0.6 is 11.6 Å². The summed E-state index contributed by atoms with van der Waals surface area (Å²) in [5, 5.41) is 9.14. The van der Waals surface area contributed by atoms with Crippen molar-refractivity contribution >= 4 is 22.6 Å². The second kappa shape index (κ2) is 5.40. The van der Waals surface area contributed by atoms with E-state index in [1.54, 1.807) is 12.3 Å². The number of rotatable bonds is 4. The summed E-state index contributed by atoms with van der Waals surface area (Å²) in [7, 11) is 0. The summed E-state index contributed by atoms with van der Waals surface area (Å²) >= 11 is 5.97. The van der Waals surface area contributed by atoms with E-state index in [-0.39, 0.29) is 0 Å². The summed E-state index contributed by atoms with van der Waals surface area (Å²) in [6, 6.07) is 11.6. The van der Waals surface area contributed by atoms with Gasteiger partial charge in [0, 0.05) is 13.0 Å². The smallest absolute Gasteiger partial charge is 0.124 e. The number of imidazole rings is 1.